The lowest BCUT2D eigenvalue weighted by Gasteiger charge is -2.33. The molecule has 1 aliphatic heterocycles. The van der Waals surface area contributed by atoms with Gasteiger partial charge in [0.2, 0.25) is 5.91 Å². The number of halogens is 1. The Morgan fingerprint density at radius 3 is 2.77 bits per heavy atom. The maximum atomic E-state index is 13.3. The number of likely N-dealkylation sites (tertiary alicyclic amines) is 1. The van der Waals surface area contributed by atoms with Gasteiger partial charge >= 0.3 is 0 Å². The summed E-state index contributed by atoms with van der Waals surface area (Å²) in [6.07, 6.45) is 2.89. The lowest BCUT2D eigenvalue weighted by atomic mass is 10.0. The van der Waals surface area contributed by atoms with Crippen molar-refractivity contribution in [2.75, 3.05) is 12.3 Å². The molecule has 122 valence electrons. The van der Waals surface area contributed by atoms with Gasteiger partial charge in [-0.1, -0.05) is 12.1 Å². The molecule has 1 fully saturated rings. The van der Waals surface area contributed by atoms with Crippen LogP contribution in [0.15, 0.2) is 24.3 Å². The molecule has 1 saturated heterocycles. The Labute approximate surface area is 131 Å². The van der Waals surface area contributed by atoms with E-state index in [0.717, 1.165) is 19.3 Å². The van der Waals surface area contributed by atoms with Crippen molar-refractivity contribution < 1.29 is 17.6 Å². The number of amides is 1. The van der Waals surface area contributed by atoms with Crippen LogP contribution in [0.1, 0.15) is 43.9 Å². The number of carbonyl (C=O) groups is 1. The fraction of sp³-hybridized carbons (Fsp3) is 0.562. The molecule has 1 amide bonds. The summed E-state index contributed by atoms with van der Waals surface area (Å²) < 4.78 is 38.1. The topological polar surface area (TPSA) is 54.5 Å². The highest BCUT2D eigenvalue weighted by atomic mass is 32.2. The van der Waals surface area contributed by atoms with Gasteiger partial charge in [-0.05, 0) is 50.8 Å². The van der Waals surface area contributed by atoms with Crippen LogP contribution in [0.2, 0.25) is 0 Å². The standard InChI is InChI=1S/C16H22FNO3S/c1-12-6-3-4-9-18(12)16(19)11-22(20,21)13(2)14-7-5-8-15(17)10-14/h5,7-8,10,12-13H,3-4,6,9,11H2,1-2H3/t12-,13+/m1/s1. The van der Waals surface area contributed by atoms with Gasteiger partial charge in [0.05, 0.1) is 5.25 Å². The lowest BCUT2D eigenvalue weighted by Crippen LogP contribution is -2.45. The summed E-state index contributed by atoms with van der Waals surface area (Å²) in [6.45, 7) is 4.06. The molecule has 1 aliphatic rings. The van der Waals surface area contributed by atoms with Crippen LogP contribution in [-0.4, -0.2) is 37.6 Å². The van der Waals surface area contributed by atoms with Gasteiger partial charge in [-0.2, -0.15) is 0 Å². The largest absolute Gasteiger partial charge is 0.339 e. The van der Waals surface area contributed by atoms with E-state index in [1.807, 2.05) is 6.92 Å². The van der Waals surface area contributed by atoms with Crippen LogP contribution >= 0.6 is 0 Å². The average Bonchev–Trinajstić information content (AvgIpc) is 2.46. The predicted molar refractivity (Wildman–Crippen MR) is 83.6 cm³/mol. The molecular formula is C16H22FNO3S. The summed E-state index contributed by atoms with van der Waals surface area (Å²) in [7, 11) is -3.66. The highest BCUT2D eigenvalue weighted by molar-refractivity contribution is 7.92. The average molecular weight is 327 g/mol. The van der Waals surface area contributed by atoms with E-state index in [-0.39, 0.29) is 11.9 Å². The van der Waals surface area contributed by atoms with Crippen LogP contribution in [0, 0.1) is 5.82 Å². The Balaban J connectivity index is 2.11. The fourth-order valence-electron chi connectivity index (χ4n) is 2.82. The number of hydrogen-bond donors (Lipinski definition) is 0. The number of piperidine rings is 1. The second-order valence-electron chi connectivity index (χ2n) is 5.94. The molecule has 0 bridgehead atoms. The zero-order valence-corrected chi connectivity index (χ0v) is 13.8. The highest BCUT2D eigenvalue weighted by Gasteiger charge is 2.31. The number of carbonyl (C=O) groups excluding carboxylic acids is 1. The Hall–Kier alpha value is -1.43. The summed E-state index contributed by atoms with van der Waals surface area (Å²) >= 11 is 0. The monoisotopic (exact) mass is 327 g/mol. The molecule has 6 heteroatoms. The Kier molecular flexibility index (Phi) is 5.21. The van der Waals surface area contributed by atoms with E-state index >= 15 is 0 Å². The normalized spacial score (nSPS) is 20.7. The van der Waals surface area contributed by atoms with Crippen LogP contribution in [0.4, 0.5) is 4.39 Å². The molecule has 0 spiro atoms. The van der Waals surface area contributed by atoms with E-state index < -0.39 is 26.7 Å². The molecule has 0 unspecified atom stereocenters. The van der Waals surface area contributed by atoms with E-state index in [1.54, 1.807) is 11.0 Å². The van der Waals surface area contributed by atoms with Crippen LogP contribution in [0.5, 0.6) is 0 Å². The molecule has 2 atom stereocenters. The molecule has 1 heterocycles. The van der Waals surface area contributed by atoms with Gasteiger partial charge in [-0.15, -0.1) is 0 Å². The minimum atomic E-state index is -3.66. The Morgan fingerprint density at radius 2 is 2.14 bits per heavy atom. The molecular weight excluding hydrogens is 305 g/mol. The van der Waals surface area contributed by atoms with Crippen molar-refractivity contribution in [3.05, 3.63) is 35.6 Å². The molecule has 0 saturated carbocycles. The maximum Gasteiger partial charge on any atom is 0.238 e. The SMILES string of the molecule is C[C@@H]1CCCCN1C(=O)CS(=O)(=O)[C@@H](C)c1cccc(F)c1. The van der Waals surface area contributed by atoms with E-state index in [2.05, 4.69) is 0 Å². The van der Waals surface area contributed by atoms with Crippen molar-refractivity contribution in [3.63, 3.8) is 0 Å². The molecule has 2 rings (SSSR count). The number of hydrogen-bond acceptors (Lipinski definition) is 3. The Bertz CT molecular complexity index is 645. The quantitative estimate of drug-likeness (QED) is 0.854. The molecule has 22 heavy (non-hydrogen) atoms. The van der Waals surface area contributed by atoms with E-state index in [0.29, 0.717) is 12.1 Å². The van der Waals surface area contributed by atoms with Gasteiger partial charge in [0.15, 0.2) is 9.84 Å². The summed E-state index contributed by atoms with van der Waals surface area (Å²) in [6, 6.07) is 5.60. The third kappa shape index (κ3) is 3.85. The van der Waals surface area contributed by atoms with Crippen molar-refractivity contribution in [2.45, 2.75) is 44.4 Å². The minimum Gasteiger partial charge on any atom is -0.339 e. The first-order chi connectivity index (χ1) is 10.3. The third-order valence-electron chi connectivity index (χ3n) is 4.30. The molecule has 0 aromatic heterocycles. The third-order valence-corrected chi connectivity index (χ3v) is 6.30. The minimum absolute atomic E-state index is 0.0842. The van der Waals surface area contributed by atoms with Crippen molar-refractivity contribution >= 4 is 15.7 Å². The van der Waals surface area contributed by atoms with Crippen LogP contribution in [-0.2, 0) is 14.6 Å². The van der Waals surface area contributed by atoms with Gasteiger partial charge in [0.25, 0.3) is 0 Å². The summed E-state index contributed by atoms with van der Waals surface area (Å²) in [5.41, 5.74) is 0.375. The first kappa shape index (κ1) is 16.9. The summed E-state index contributed by atoms with van der Waals surface area (Å²) in [4.78, 5) is 14.0. The van der Waals surface area contributed by atoms with Gasteiger partial charge < -0.3 is 4.90 Å². The fourth-order valence-corrected chi connectivity index (χ4v) is 4.14. The van der Waals surface area contributed by atoms with Crippen LogP contribution in [0.3, 0.4) is 0 Å². The maximum absolute atomic E-state index is 13.3. The molecule has 0 aliphatic carbocycles. The number of sulfone groups is 1. The summed E-state index contributed by atoms with van der Waals surface area (Å²) in [5, 5.41) is -0.896. The van der Waals surface area contributed by atoms with Gasteiger partial charge in [-0.3, -0.25) is 4.79 Å². The van der Waals surface area contributed by atoms with Crippen LogP contribution < -0.4 is 0 Å². The van der Waals surface area contributed by atoms with Gasteiger partial charge in [0.1, 0.15) is 11.6 Å². The van der Waals surface area contributed by atoms with Crippen molar-refractivity contribution in [2.24, 2.45) is 0 Å². The summed E-state index contributed by atoms with van der Waals surface area (Å²) in [5.74, 6) is -1.35. The van der Waals surface area contributed by atoms with E-state index in [4.69, 9.17) is 0 Å². The van der Waals surface area contributed by atoms with E-state index in [1.165, 1.54) is 25.1 Å². The zero-order valence-electron chi connectivity index (χ0n) is 13.0. The predicted octanol–water partition coefficient (Wildman–Crippen LogP) is 2.70. The number of rotatable bonds is 4. The second-order valence-corrected chi connectivity index (χ2v) is 8.26. The smallest absolute Gasteiger partial charge is 0.238 e. The molecule has 0 radical (unpaired) electrons. The van der Waals surface area contributed by atoms with Crippen molar-refractivity contribution in [1.82, 2.24) is 4.90 Å². The van der Waals surface area contributed by atoms with Gasteiger partial charge in [0, 0.05) is 12.6 Å². The molecule has 1 aromatic rings. The van der Waals surface area contributed by atoms with E-state index in [9.17, 15) is 17.6 Å². The van der Waals surface area contributed by atoms with Gasteiger partial charge in [-0.25, -0.2) is 12.8 Å². The second kappa shape index (κ2) is 6.77. The van der Waals surface area contributed by atoms with Crippen molar-refractivity contribution in [3.8, 4) is 0 Å². The molecule has 0 N–H and O–H groups in total. The van der Waals surface area contributed by atoms with Crippen LogP contribution in [0.25, 0.3) is 0 Å². The van der Waals surface area contributed by atoms with Crippen molar-refractivity contribution in [1.29, 1.82) is 0 Å². The first-order valence-corrected chi connectivity index (χ1v) is 9.29. The lowest BCUT2D eigenvalue weighted by molar-refractivity contribution is -0.131. The highest BCUT2D eigenvalue weighted by Crippen LogP contribution is 2.24. The zero-order chi connectivity index (χ0) is 16.3. The molecule has 4 nitrogen and oxygen atoms in total. The molecule has 1 aromatic carbocycles. The Morgan fingerprint density at radius 1 is 1.41 bits per heavy atom. The number of benzene rings is 1. The first-order valence-electron chi connectivity index (χ1n) is 7.58. The number of nitrogens with zero attached hydrogens (tertiary/aromatic N) is 1.